The summed E-state index contributed by atoms with van der Waals surface area (Å²) in [6.07, 6.45) is 1.90. The van der Waals surface area contributed by atoms with Gasteiger partial charge >= 0.3 is 0 Å². The van der Waals surface area contributed by atoms with Crippen LogP contribution in [0.1, 0.15) is 26.7 Å². The fourth-order valence-corrected chi connectivity index (χ4v) is 2.09. The van der Waals surface area contributed by atoms with Crippen molar-refractivity contribution >= 4 is 15.9 Å². The van der Waals surface area contributed by atoms with Gasteiger partial charge in [-0.15, -0.1) is 0 Å². The molecule has 0 bridgehead atoms. The number of hydrogen-bond acceptors (Lipinski definition) is 3. The predicted molar refractivity (Wildman–Crippen MR) is 82.6 cm³/mol. The number of halogens is 1. The minimum Gasteiger partial charge on any atom is -0.491 e. The zero-order valence-electron chi connectivity index (χ0n) is 11.7. The van der Waals surface area contributed by atoms with Gasteiger partial charge in [-0.05, 0) is 43.5 Å². The van der Waals surface area contributed by atoms with Gasteiger partial charge < -0.3 is 15.2 Å². The Morgan fingerprint density at radius 2 is 2.16 bits per heavy atom. The van der Waals surface area contributed by atoms with E-state index in [2.05, 4.69) is 35.1 Å². The summed E-state index contributed by atoms with van der Waals surface area (Å²) in [6, 6.07) is 7.63. The second-order valence-corrected chi connectivity index (χ2v) is 6.08. The molecule has 1 unspecified atom stereocenters. The minimum atomic E-state index is -0.474. The van der Waals surface area contributed by atoms with Crippen molar-refractivity contribution in [1.82, 2.24) is 5.32 Å². The molecule has 2 N–H and O–H groups in total. The standard InChI is InChI=1S/C15H24BrNO2/c1-12(2)5-4-8-17-10-14(18)11-19-15-7-3-6-13(16)9-15/h3,6-7,9,12,14,17-18H,4-5,8,10-11H2,1-2H3. The molecule has 4 heteroatoms. The second-order valence-electron chi connectivity index (χ2n) is 5.16. The molecular formula is C15H24BrNO2. The molecule has 1 aromatic rings. The Morgan fingerprint density at radius 3 is 2.84 bits per heavy atom. The number of hydrogen-bond donors (Lipinski definition) is 2. The van der Waals surface area contributed by atoms with Crippen molar-refractivity contribution in [2.24, 2.45) is 5.92 Å². The maximum absolute atomic E-state index is 9.79. The molecule has 0 radical (unpaired) electrons. The Bertz CT molecular complexity index is 358. The summed E-state index contributed by atoms with van der Waals surface area (Å²) < 4.78 is 6.50. The third-order valence-electron chi connectivity index (χ3n) is 2.75. The van der Waals surface area contributed by atoms with E-state index in [9.17, 15) is 5.11 Å². The van der Waals surface area contributed by atoms with Crippen LogP contribution in [0.5, 0.6) is 5.75 Å². The average Bonchev–Trinajstić information content (AvgIpc) is 2.35. The first-order valence-electron chi connectivity index (χ1n) is 6.85. The maximum atomic E-state index is 9.79. The van der Waals surface area contributed by atoms with Crippen LogP contribution in [0.2, 0.25) is 0 Å². The predicted octanol–water partition coefficient (Wildman–Crippen LogP) is 3.21. The van der Waals surface area contributed by atoms with Crippen LogP contribution < -0.4 is 10.1 Å². The SMILES string of the molecule is CC(C)CCCNCC(O)COc1cccc(Br)c1. The fraction of sp³-hybridized carbons (Fsp3) is 0.600. The number of aliphatic hydroxyl groups excluding tert-OH is 1. The van der Waals surface area contributed by atoms with Gasteiger partial charge in [0.15, 0.2) is 0 Å². The van der Waals surface area contributed by atoms with Crippen LogP contribution in [0.3, 0.4) is 0 Å². The summed E-state index contributed by atoms with van der Waals surface area (Å²) in [4.78, 5) is 0. The first-order valence-corrected chi connectivity index (χ1v) is 7.64. The van der Waals surface area contributed by atoms with Crippen LogP contribution in [0.15, 0.2) is 28.7 Å². The molecule has 1 aromatic carbocycles. The van der Waals surface area contributed by atoms with Crippen molar-refractivity contribution in [3.05, 3.63) is 28.7 Å². The molecule has 3 nitrogen and oxygen atoms in total. The molecule has 0 aliphatic rings. The molecule has 0 spiro atoms. The summed E-state index contributed by atoms with van der Waals surface area (Å²) in [5.41, 5.74) is 0. The zero-order valence-corrected chi connectivity index (χ0v) is 13.3. The highest BCUT2D eigenvalue weighted by Crippen LogP contribution is 2.17. The van der Waals surface area contributed by atoms with Crippen molar-refractivity contribution < 1.29 is 9.84 Å². The van der Waals surface area contributed by atoms with Gasteiger partial charge in [-0.3, -0.25) is 0 Å². The summed E-state index contributed by atoms with van der Waals surface area (Å²) in [7, 11) is 0. The number of benzene rings is 1. The smallest absolute Gasteiger partial charge is 0.120 e. The minimum absolute atomic E-state index is 0.313. The van der Waals surface area contributed by atoms with Crippen molar-refractivity contribution in [3.63, 3.8) is 0 Å². The largest absolute Gasteiger partial charge is 0.491 e. The molecule has 0 amide bonds. The Morgan fingerprint density at radius 1 is 1.37 bits per heavy atom. The third kappa shape index (κ3) is 8.24. The van der Waals surface area contributed by atoms with Crippen LogP contribution in [-0.4, -0.2) is 30.9 Å². The lowest BCUT2D eigenvalue weighted by Crippen LogP contribution is -2.32. The van der Waals surface area contributed by atoms with Gasteiger partial charge in [-0.1, -0.05) is 35.8 Å². The van der Waals surface area contributed by atoms with Crippen LogP contribution in [0.25, 0.3) is 0 Å². The highest BCUT2D eigenvalue weighted by Gasteiger charge is 2.05. The molecule has 19 heavy (non-hydrogen) atoms. The van der Waals surface area contributed by atoms with Gasteiger partial charge in [0.2, 0.25) is 0 Å². The fourth-order valence-electron chi connectivity index (χ4n) is 1.71. The van der Waals surface area contributed by atoms with Crippen LogP contribution >= 0.6 is 15.9 Å². The molecule has 0 saturated carbocycles. The lowest BCUT2D eigenvalue weighted by atomic mass is 10.1. The van der Waals surface area contributed by atoms with Crippen LogP contribution in [-0.2, 0) is 0 Å². The van der Waals surface area contributed by atoms with Crippen molar-refractivity contribution in [3.8, 4) is 5.75 Å². The van der Waals surface area contributed by atoms with E-state index in [0.29, 0.717) is 13.2 Å². The third-order valence-corrected chi connectivity index (χ3v) is 3.25. The second kappa shape index (κ2) is 9.34. The van der Waals surface area contributed by atoms with E-state index in [1.54, 1.807) is 0 Å². The highest BCUT2D eigenvalue weighted by molar-refractivity contribution is 9.10. The van der Waals surface area contributed by atoms with Gasteiger partial charge in [0.1, 0.15) is 18.5 Å². The lowest BCUT2D eigenvalue weighted by Gasteiger charge is -2.13. The average molecular weight is 330 g/mol. The summed E-state index contributed by atoms with van der Waals surface area (Å²) in [5, 5.41) is 13.0. The number of aliphatic hydroxyl groups is 1. The van der Waals surface area contributed by atoms with Gasteiger partial charge in [0, 0.05) is 11.0 Å². The number of ether oxygens (including phenoxy) is 1. The Balaban J connectivity index is 2.09. The normalized spacial score (nSPS) is 12.7. The highest BCUT2D eigenvalue weighted by atomic mass is 79.9. The Kier molecular flexibility index (Phi) is 8.10. The number of nitrogens with one attached hydrogen (secondary N) is 1. The van der Waals surface area contributed by atoms with Crippen molar-refractivity contribution in [2.75, 3.05) is 19.7 Å². The van der Waals surface area contributed by atoms with Gasteiger partial charge in [-0.25, -0.2) is 0 Å². The molecule has 1 rings (SSSR count). The molecule has 1 atom stereocenters. The van der Waals surface area contributed by atoms with E-state index in [1.807, 2.05) is 24.3 Å². The monoisotopic (exact) mass is 329 g/mol. The maximum Gasteiger partial charge on any atom is 0.120 e. The van der Waals surface area contributed by atoms with E-state index in [1.165, 1.54) is 6.42 Å². The molecule has 0 aliphatic heterocycles. The first kappa shape index (κ1) is 16.5. The molecule has 0 fully saturated rings. The summed E-state index contributed by atoms with van der Waals surface area (Å²) in [5.74, 6) is 1.51. The Hall–Kier alpha value is -0.580. The molecule has 0 saturated heterocycles. The van der Waals surface area contributed by atoms with Gasteiger partial charge in [0.05, 0.1) is 0 Å². The van der Waals surface area contributed by atoms with E-state index >= 15 is 0 Å². The Labute approximate surface area is 124 Å². The first-order chi connectivity index (χ1) is 9.08. The van der Waals surface area contributed by atoms with E-state index in [4.69, 9.17) is 4.74 Å². The van der Waals surface area contributed by atoms with Gasteiger partial charge in [-0.2, -0.15) is 0 Å². The quantitative estimate of drug-likeness (QED) is 0.683. The van der Waals surface area contributed by atoms with E-state index < -0.39 is 6.10 Å². The van der Waals surface area contributed by atoms with E-state index in [-0.39, 0.29) is 0 Å². The topological polar surface area (TPSA) is 41.5 Å². The molecular weight excluding hydrogens is 306 g/mol. The summed E-state index contributed by atoms with van der Waals surface area (Å²) >= 11 is 3.39. The van der Waals surface area contributed by atoms with Crippen molar-refractivity contribution in [1.29, 1.82) is 0 Å². The summed E-state index contributed by atoms with van der Waals surface area (Å²) in [6.45, 7) is 6.28. The van der Waals surface area contributed by atoms with Crippen LogP contribution in [0.4, 0.5) is 0 Å². The van der Waals surface area contributed by atoms with Crippen molar-refractivity contribution in [2.45, 2.75) is 32.8 Å². The molecule has 0 aliphatic carbocycles. The lowest BCUT2D eigenvalue weighted by molar-refractivity contribution is 0.106. The van der Waals surface area contributed by atoms with Gasteiger partial charge in [0.25, 0.3) is 0 Å². The zero-order chi connectivity index (χ0) is 14.1. The molecule has 0 aromatic heterocycles. The molecule has 108 valence electrons. The molecule has 0 heterocycles. The number of rotatable bonds is 9. The van der Waals surface area contributed by atoms with E-state index in [0.717, 1.165) is 29.1 Å². The van der Waals surface area contributed by atoms with Crippen LogP contribution in [0, 0.1) is 5.92 Å².